The SMILES string of the molecule is O=C(c1ccc2c(c1)C(O)C(Br)CCO2)c1ccccc1F. The van der Waals surface area contributed by atoms with Gasteiger partial charge in [0.2, 0.25) is 0 Å². The molecule has 2 aromatic carbocycles. The second-order valence-electron chi connectivity index (χ2n) is 5.16. The summed E-state index contributed by atoms with van der Waals surface area (Å²) in [5.41, 5.74) is 0.886. The Morgan fingerprint density at radius 2 is 2.05 bits per heavy atom. The van der Waals surface area contributed by atoms with E-state index in [1.54, 1.807) is 24.3 Å². The summed E-state index contributed by atoms with van der Waals surface area (Å²) in [4.78, 5) is 12.3. The van der Waals surface area contributed by atoms with Crippen LogP contribution in [0.5, 0.6) is 5.75 Å². The first-order valence-electron chi connectivity index (χ1n) is 6.96. The molecule has 0 fully saturated rings. The van der Waals surface area contributed by atoms with Crippen LogP contribution in [0.2, 0.25) is 0 Å². The highest BCUT2D eigenvalue weighted by Gasteiger charge is 2.26. The van der Waals surface area contributed by atoms with Gasteiger partial charge in [-0.2, -0.15) is 0 Å². The van der Waals surface area contributed by atoms with E-state index in [1.807, 2.05) is 0 Å². The van der Waals surface area contributed by atoms with Gasteiger partial charge >= 0.3 is 0 Å². The van der Waals surface area contributed by atoms with Crippen LogP contribution >= 0.6 is 15.9 Å². The molecule has 1 aliphatic rings. The van der Waals surface area contributed by atoms with Crippen LogP contribution in [0, 0.1) is 5.82 Å². The van der Waals surface area contributed by atoms with E-state index in [4.69, 9.17) is 4.74 Å². The van der Waals surface area contributed by atoms with Gasteiger partial charge in [0, 0.05) is 16.0 Å². The summed E-state index contributed by atoms with van der Waals surface area (Å²) in [7, 11) is 0. The maximum atomic E-state index is 13.8. The predicted octanol–water partition coefficient (Wildman–Crippen LogP) is 3.64. The van der Waals surface area contributed by atoms with Crippen molar-refractivity contribution < 1.29 is 19.0 Å². The summed E-state index contributed by atoms with van der Waals surface area (Å²) in [5, 5.41) is 10.3. The van der Waals surface area contributed by atoms with E-state index in [0.717, 1.165) is 0 Å². The first-order valence-corrected chi connectivity index (χ1v) is 7.87. The molecule has 0 bridgehead atoms. The zero-order valence-corrected chi connectivity index (χ0v) is 13.2. The molecule has 1 heterocycles. The van der Waals surface area contributed by atoms with E-state index < -0.39 is 17.7 Å². The molecule has 0 aromatic heterocycles. The minimum absolute atomic E-state index is 0.0156. The number of fused-ring (bicyclic) bond motifs is 1. The fourth-order valence-electron chi connectivity index (χ4n) is 2.49. The topological polar surface area (TPSA) is 46.5 Å². The number of carbonyl (C=O) groups excluding carboxylic acids is 1. The summed E-state index contributed by atoms with van der Waals surface area (Å²) in [6.45, 7) is 0.487. The Bertz CT molecular complexity index is 717. The lowest BCUT2D eigenvalue weighted by molar-refractivity contribution is 0.103. The number of ketones is 1. The minimum atomic E-state index is -0.772. The van der Waals surface area contributed by atoms with Crippen molar-refractivity contribution in [1.29, 1.82) is 0 Å². The van der Waals surface area contributed by atoms with Gasteiger partial charge in [-0.15, -0.1) is 0 Å². The molecule has 0 spiro atoms. The lowest BCUT2D eigenvalue weighted by atomic mass is 9.97. The summed E-state index contributed by atoms with van der Waals surface area (Å²) < 4.78 is 19.3. The van der Waals surface area contributed by atoms with Crippen LogP contribution in [0.25, 0.3) is 0 Å². The zero-order chi connectivity index (χ0) is 15.7. The molecule has 114 valence electrons. The third kappa shape index (κ3) is 2.78. The lowest BCUT2D eigenvalue weighted by Gasteiger charge is -2.15. The summed E-state index contributed by atoms with van der Waals surface area (Å²) in [6, 6.07) is 10.7. The average Bonchev–Trinajstić information content (AvgIpc) is 2.67. The van der Waals surface area contributed by atoms with Gasteiger partial charge in [-0.05, 0) is 36.8 Å². The molecule has 3 rings (SSSR count). The van der Waals surface area contributed by atoms with Gasteiger partial charge in [-0.3, -0.25) is 4.79 Å². The van der Waals surface area contributed by atoms with E-state index >= 15 is 0 Å². The van der Waals surface area contributed by atoms with Crippen LogP contribution in [-0.4, -0.2) is 22.3 Å². The second-order valence-corrected chi connectivity index (χ2v) is 6.34. The van der Waals surface area contributed by atoms with E-state index in [9.17, 15) is 14.3 Å². The van der Waals surface area contributed by atoms with E-state index in [-0.39, 0.29) is 10.4 Å². The Morgan fingerprint density at radius 1 is 1.27 bits per heavy atom. The van der Waals surface area contributed by atoms with Crippen molar-refractivity contribution in [2.45, 2.75) is 17.4 Å². The van der Waals surface area contributed by atoms with Crippen LogP contribution in [0.4, 0.5) is 4.39 Å². The molecule has 2 unspecified atom stereocenters. The molecule has 0 saturated carbocycles. The maximum absolute atomic E-state index is 13.8. The van der Waals surface area contributed by atoms with Crippen LogP contribution in [-0.2, 0) is 0 Å². The predicted molar refractivity (Wildman–Crippen MR) is 84.1 cm³/mol. The van der Waals surface area contributed by atoms with Gasteiger partial charge in [0.05, 0.1) is 18.3 Å². The van der Waals surface area contributed by atoms with Gasteiger partial charge < -0.3 is 9.84 Å². The molecular formula is C17H14BrFO3. The van der Waals surface area contributed by atoms with Gasteiger partial charge in [-0.1, -0.05) is 28.1 Å². The number of ether oxygens (including phenoxy) is 1. The van der Waals surface area contributed by atoms with Crippen molar-refractivity contribution in [3.05, 3.63) is 65.0 Å². The molecular weight excluding hydrogens is 351 g/mol. The molecule has 2 atom stereocenters. The Kier molecular flexibility index (Phi) is 4.27. The van der Waals surface area contributed by atoms with Crippen LogP contribution in [0.1, 0.15) is 34.0 Å². The number of hydrogen-bond acceptors (Lipinski definition) is 3. The Hall–Kier alpha value is -1.72. The second kappa shape index (κ2) is 6.18. The van der Waals surface area contributed by atoms with Crippen molar-refractivity contribution in [2.24, 2.45) is 0 Å². The van der Waals surface area contributed by atoms with Crippen molar-refractivity contribution in [2.75, 3.05) is 6.61 Å². The van der Waals surface area contributed by atoms with Crippen LogP contribution in [0.15, 0.2) is 42.5 Å². The number of aliphatic hydroxyl groups excluding tert-OH is 1. The van der Waals surface area contributed by atoms with Crippen molar-refractivity contribution >= 4 is 21.7 Å². The lowest BCUT2D eigenvalue weighted by Crippen LogP contribution is -2.12. The number of alkyl halides is 1. The highest BCUT2D eigenvalue weighted by Crippen LogP contribution is 2.35. The normalized spacial score (nSPS) is 20.7. The van der Waals surface area contributed by atoms with E-state index in [0.29, 0.717) is 29.9 Å². The van der Waals surface area contributed by atoms with E-state index in [1.165, 1.54) is 18.2 Å². The number of benzene rings is 2. The molecule has 0 saturated heterocycles. The average molecular weight is 365 g/mol. The van der Waals surface area contributed by atoms with Crippen LogP contribution < -0.4 is 4.74 Å². The third-order valence-electron chi connectivity index (χ3n) is 3.70. The highest BCUT2D eigenvalue weighted by molar-refractivity contribution is 9.09. The van der Waals surface area contributed by atoms with Gasteiger partial charge in [0.15, 0.2) is 5.78 Å². The standard InChI is InChI=1S/C17H14BrFO3/c18-13-7-8-22-15-6-5-10(9-12(15)17(13)21)16(20)11-3-1-2-4-14(11)19/h1-6,9,13,17,21H,7-8H2. The molecule has 0 radical (unpaired) electrons. The largest absolute Gasteiger partial charge is 0.493 e. The molecule has 1 N–H and O–H groups in total. The van der Waals surface area contributed by atoms with Crippen LogP contribution in [0.3, 0.4) is 0 Å². The number of rotatable bonds is 2. The molecule has 0 aliphatic carbocycles. The summed E-state index contributed by atoms with van der Waals surface area (Å²) in [6.07, 6.45) is -0.113. The fourth-order valence-corrected chi connectivity index (χ4v) is 2.96. The molecule has 22 heavy (non-hydrogen) atoms. The zero-order valence-electron chi connectivity index (χ0n) is 11.6. The smallest absolute Gasteiger partial charge is 0.195 e. The summed E-state index contributed by atoms with van der Waals surface area (Å²) in [5.74, 6) is -0.416. The molecule has 2 aromatic rings. The number of halogens is 2. The van der Waals surface area contributed by atoms with Gasteiger partial charge in [-0.25, -0.2) is 4.39 Å². The number of carbonyl (C=O) groups is 1. The minimum Gasteiger partial charge on any atom is -0.493 e. The van der Waals surface area contributed by atoms with Crippen molar-refractivity contribution in [1.82, 2.24) is 0 Å². The van der Waals surface area contributed by atoms with Gasteiger partial charge in [0.1, 0.15) is 11.6 Å². The van der Waals surface area contributed by atoms with E-state index in [2.05, 4.69) is 15.9 Å². The van der Waals surface area contributed by atoms with Crippen molar-refractivity contribution in [3.8, 4) is 5.75 Å². The number of hydrogen-bond donors (Lipinski definition) is 1. The maximum Gasteiger partial charge on any atom is 0.195 e. The Morgan fingerprint density at radius 3 is 2.82 bits per heavy atom. The van der Waals surface area contributed by atoms with Crippen molar-refractivity contribution in [3.63, 3.8) is 0 Å². The molecule has 0 amide bonds. The first kappa shape index (κ1) is 15.2. The Balaban J connectivity index is 2.02. The quantitative estimate of drug-likeness (QED) is 0.653. The molecule has 5 heteroatoms. The summed E-state index contributed by atoms with van der Waals surface area (Å²) >= 11 is 3.42. The third-order valence-corrected chi connectivity index (χ3v) is 4.66. The molecule has 3 nitrogen and oxygen atoms in total. The monoisotopic (exact) mass is 364 g/mol. The molecule has 1 aliphatic heterocycles. The number of aliphatic hydroxyl groups is 1. The first-order chi connectivity index (χ1) is 10.6. The Labute approximate surface area is 135 Å². The van der Waals surface area contributed by atoms with Gasteiger partial charge in [0.25, 0.3) is 0 Å². The fraction of sp³-hybridized carbons (Fsp3) is 0.235. The highest BCUT2D eigenvalue weighted by atomic mass is 79.9.